The molecule has 0 N–H and O–H groups in total. The Kier molecular flexibility index (Phi) is 4.31. The van der Waals surface area contributed by atoms with E-state index in [9.17, 15) is 0 Å². The van der Waals surface area contributed by atoms with Crippen LogP contribution in [0.1, 0.15) is 52.9 Å². The molecule has 15 heavy (non-hydrogen) atoms. The number of rotatable bonds is 3. The Morgan fingerprint density at radius 2 is 2.20 bits per heavy atom. The van der Waals surface area contributed by atoms with Crippen molar-refractivity contribution in [3.8, 4) is 0 Å². The summed E-state index contributed by atoms with van der Waals surface area (Å²) in [4.78, 5) is 4.16. The Morgan fingerprint density at radius 1 is 1.47 bits per heavy atom. The van der Waals surface area contributed by atoms with Crippen molar-refractivity contribution in [1.29, 1.82) is 0 Å². The normalized spacial score (nSPS) is 21.8. The van der Waals surface area contributed by atoms with Crippen molar-refractivity contribution in [2.75, 3.05) is 0 Å². The van der Waals surface area contributed by atoms with Crippen molar-refractivity contribution in [3.63, 3.8) is 0 Å². The molecule has 0 aromatic rings. The third-order valence-electron chi connectivity index (χ3n) is 3.21. The zero-order valence-corrected chi connectivity index (χ0v) is 10.3. The van der Waals surface area contributed by atoms with Crippen molar-refractivity contribution in [1.82, 2.24) is 0 Å². The molecule has 0 radical (unpaired) electrons. The third-order valence-corrected chi connectivity index (χ3v) is 3.21. The van der Waals surface area contributed by atoms with Crippen LogP contribution < -0.4 is 0 Å². The minimum Gasteiger partial charge on any atom is -0.265 e. The number of hydrogen-bond acceptors (Lipinski definition) is 1. The first-order chi connectivity index (χ1) is 7.09. The molecule has 0 heterocycles. The van der Waals surface area contributed by atoms with Crippen molar-refractivity contribution in [2.24, 2.45) is 10.4 Å². The molecule has 0 unspecified atom stereocenters. The fourth-order valence-electron chi connectivity index (χ4n) is 2.36. The summed E-state index contributed by atoms with van der Waals surface area (Å²) in [7, 11) is 0. The van der Waals surface area contributed by atoms with E-state index in [1.54, 1.807) is 11.8 Å². The lowest BCUT2D eigenvalue weighted by atomic mass is 9.82. The highest BCUT2D eigenvalue weighted by molar-refractivity contribution is 5.80. The Labute approximate surface area is 94.0 Å². The van der Waals surface area contributed by atoms with Gasteiger partial charge >= 0.3 is 0 Å². The van der Waals surface area contributed by atoms with Crippen LogP contribution in [0.3, 0.4) is 0 Å². The van der Waals surface area contributed by atoms with E-state index in [1.165, 1.54) is 31.3 Å². The fourth-order valence-corrected chi connectivity index (χ4v) is 2.36. The van der Waals surface area contributed by atoms with Gasteiger partial charge in [0.2, 0.25) is 0 Å². The summed E-state index contributed by atoms with van der Waals surface area (Å²) in [6.45, 7) is 10.6. The second kappa shape index (κ2) is 5.29. The third kappa shape index (κ3) is 3.65. The van der Waals surface area contributed by atoms with E-state index in [4.69, 9.17) is 0 Å². The van der Waals surface area contributed by atoms with E-state index in [2.05, 4.69) is 32.3 Å². The highest BCUT2D eigenvalue weighted by Crippen LogP contribution is 2.37. The maximum absolute atomic E-state index is 4.16. The SMILES string of the molecule is C=CN=CC1=C(CC)CC(C)(C)CCC1. The molecular weight excluding hydrogens is 182 g/mol. The summed E-state index contributed by atoms with van der Waals surface area (Å²) in [5, 5.41) is 0. The van der Waals surface area contributed by atoms with E-state index >= 15 is 0 Å². The van der Waals surface area contributed by atoms with Gasteiger partial charge in [-0.2, -0.15) is 0 Å². The lowest BCUT2D eigenvalue weighted by molar-refractivity contribution is 0.329. The van der Waals surface area contributed by atoms with Gasteiger partial charge in [-0.05, 0) is 43.1 Å². The second-order valence-electron chi connectivity index (χ2n) is 5.14. The fraction of sp³-hybridized carbons (Fsp3) is 0.643. The first kappa shape index (κ1) is 12.2. The minimum atomic E-state index is 0.467. The topological polar surface area (TPSA) is 12.4 Å². The summed E-state index contributed by atoms with van der Waals surface area (Å²) in [5.74, 6) is 0. The monoisotopic (exact) mass is 205 g/mol. The van der Waals surface area contributed by atoms with E-state index in [1.807, 2.05) is 6.21 Å². The van der Waals surface area contributed by atoms with E-state index in [-0.39, 0.29) is 0 Å². The van der Waals surface area contributed by atoms with E-state index < -0.39 is 0 Å². The molecule has 0 bridgehead atoms. The Morgan fingerprint density at radius 3 is 2.80 bits per heavy atom. The second-order valence-corrected chi connectivity index (χ2v) is 5.14. The van der Waals surface area contributed by atoms with Crippen LogP contribution >= 0.6 is 0 Å². The Bertz CT molecular complexity index is 282. The van der Waals surface area contributed by atoms with Gasteiger partial charge in [0, 0.05) is 12.4 Å². The lowest BCUT2D eigenvalue weighted by Gasteiger charge is -2.23. The maximum Gasteiger partial charge on any atom is 0.0299 e. The van der Waals surface area contributed by atoms with E-state index in [0.29, 0.717) is 5.41 Å². The zero-order valence-electron chi connectivity index (χ0n) is 10.3. The molecule has 1 heteroatoms. The first-order valence-corrected chi connectivity index (χ1v) is 5.94. The highest BCUT2D eigenvalue weighted by atomic mass is 14.7. The van der Waals surface area contributed by atoms with Gasteiger partial charge in [0.1, 0.15) is 0 Å². The smallest absolute Gasteiger partial charge is 0.0299 e. The standard InChI is InChI=1S/C14H23N/c1-5-12-10-14(3,4)9-7-8-13(12)11-15-6-2/h6,11H,2,5,7-10H2,1,3-4H3. The molecule has 0 amide bonds. The Balaban J connectivity index is 2.91. The van der Waals surface area contributed by atoms with Gasteiger partial charge in [0.25, 0.3) is 0 Å². The molecule has 1 aliphatic carbocycles. The number of allylic oxidation sites excluding steroid dienone is 2. The number of hydrogen-bond donors (Lipinski definition) is 0. The predicted molar refractivity (Wildman–Crippen MR) is 68.3 cm³/mol. The van der Waals surface area contributed by atoms with Crippen LogP contribution in [0.4, 0.5) is 0 Å². The molecular formula is C14H23N. The summed E-state index contributed by atoms with van der Waals surface area (Å²) in [6, 6.07) is 0. The van der Waals surface area contributed by atoms with Crippen LogP contribution in [0.5, 0.6) is 0 Å². The summed E-state index contributed by atoms with van der Waals surface area (Å²) in [5.41, 5.74) is 3.50. The number of aliphatic imine (C=N–C) groups is 1. The molecule has 84 valence electrons. The van der Waals surface area contributed by atoms with Gasteiger partial charge in [-0.15, -0.1) is 0 Å². The van der Waals surface area contributed by atoms with Gasteiger partial charge in [0.15, 0.2) is 0 Å². The quantitative estimate of drug-likeness (QED) is 0.601. The van der Waals surface area contributed by atoms with Gasteiger partial charge < -0.3 is 0 Å². The molecule has 0 aliphatic heterocycles. The average Bonchev–Trinajstić information content (AvgIpc) is 2.33. The molecule has 0 atom stereocenters. The molecule has 0 saturated carbocycles. The van der Waals surface area contributed by atoms with Crippen LogP contribution in [0.2, 0.25) is 0 Å². The van der Waals surface area contributed by atoms with Gasteiger partial charge in [0.05, 0.1) is 0 Å². The van der Waals surface area contributed by atoms with Crippen LogP contribution in [-0.2, 0) is 0 Å². The molecule has 0 aromatic heterocycles. The predicted octanol–water partition coefficient (Wildman–Crippen LogP) is 4.51. The largest absolute Gasteiger partial charge is 0.265 e. The van der Waals surface area contributed by atoms with Crippen molar-refractivity contribution < 1.29 is 0 Å². The van der Waals surface area contributed by atoms with Crippen molar-refractivity contribution in [3.05, 3.63) is 23.9 Å². The molecule has 0 spiro atoms. The van der Waals surface area contributed by atoms with Gasteiger partial charge in [-0.1, -0.05) is 32.9 Å². The highest BCUT2D eigenvalue weighted by Gasteiger charge is 2.23. The van der Waals surface area contributed by atoms with Crippen LogP contribution in [-0.4, -0.2) is 6.21 Å². The molecule has 0 saturated heterocycles. The average molecular weight is 205 g/mol. The zero-order chi connectivity index (χ0) is 11.3. The minimum absolute atomic E-state index is 0.467. The summed E-state index contributed by atoms with van der Waals surface area (Å²) >= 11 is 0. The van der Waals surface area contributed by atoms with Crippen LogP contribution in [0, 0.1) is 5.41 Å². The first-order valence-electron chi connectivity index (χ1n) is 5.94. The molecule has 0 fully saturated rings. The van der Waals surface area contributed by atoms with Crippen LogP contribution in [0.25, 0.3) is 0 Å². The Hall–Kier alpha value is -0.850. The van der Waals surface area contributed by atoms with Crippen LogP contribution in [0.15, 0.2) is 28.9 Å². The molecule has 1 aliphatic rings. The van der Waals surface area contributed by atoms with Crippen molar-refractivity contribution in [2.45, 2.75) is 52.9 Å². The van der Waals surface area contributed by atoms with Gasteiger partial charge in [-0.25, -0.2) is 0 Å². The lowest BCUT2D eigenvalue weighted by Crippen LogP contribution is -2.10. The number of nitrogens with zero attached hydrogens (tertiary/aromatic N) is 1. The van der Waals surface area contributed by atoms with E-state index in [0.717, 1.165) is 6.42 Å². The molecule has 1 nitrogen and oxygen atoms in total. The summed E-state index contributed by atoms with van der Waals surface area (Å²) in [6.07, 6.45) is 9.80. The molecule has 0 aromatic carbocycles. The molecule has 1 rings (SSSR count). The summed E-state index contributed by atoms with van der Waals surface area (Å²) < 4.78 is 0. The van der Waals surface area contributed by atoms with Crippen molar-refractivity contribution >= 4 is 6.21 Å². The van der Waals surface area contributed by atoms with Gasteiger partial charge in [-0.3, -0.25) is 4.99 Å². The maximum atomic E-state index is 4.16.